The highest BCUT2D eigenvalue weighted by Crippen LogP contribution is 2.27. The van der Waals surface area contributed by atoms with Gasteiger partial charge in [0.1, 0.15) is 6.04 Å². The smallest absolute Gasteiger partial charge is 0.326 e. The number of carboxylic acids is 1. The lowest BCUT2D eigenvalue weighted by molar-refractivity contribution is -0.142. The van der Waals surface area contributed by atoms with E-state index in [4.69, 9.17) is 5.11 Å². The molecule has 2 N–H and O–H groups in total. The first-order valence-corrected chi connectivity index (χ1v) is 9.16. The molecular formula is C17H22N2O4S. The van der Waals surface area contributed by atoms with Crippen molar-refractivity contribution in [3.8, 4) is 0 Å². The molecule has 1 aliphatic rings. The molecule has 2 rings (SSSR count). The summed E-state index contributed by atoms with van der Waals surface area (Å²) in [4.78, 5) is 38.4. The molecule has 6 nitrogen and oxygen atoms in total. The molecule has 0 bridgehead atoms. The van der Waals surface area contributed by atoms with Crippen molar-refractivity contribution in [2.24, 2.45) is 5.92 Å². The maximum absolute atomic E-state index is 12.3. The van der Waals surface area contributed by atoms with Crippen LogP contribution < -0.4 is 10.2 Å². The molecule has 2 amide bonds. The van der Waals surface area contributed by atoms with E-state index in [0.29, 0.717) is 12.8 Å². The van der Waals surface area contributed by atoms with Crippen LogP contribution in [0.1, 0.15) is 26.2 Å². The summed E-state index contributed by atoms with van der Waals surface area (Å²) >= 11 is 1.62. The van der Waals surface area contributed by atoms with Crippen LogP contribution in [-0.4, -0.2) is 41.7 Å². The average molecular weight is 350 g/mol. The number of amides is 2. The van der Waals surface area contributed by atoms with Gasteiger partial charge in [-0.15, -0.1) is 11.8 Å². The van der Waals surface area contributed by atoms with Crippen LogP contribution in [0.25, 0.3) is 0 Å². The number of anilines is 1. The fraction of sp³-hybridized carbons (Fsp3) is 0.471. The van der Waals surface area contributed by atoms with Gasteiger partial charge in [-0.05, 0) is 36.9 Å². The zero-order valence-corrected chi connectivity index (χ0v) is 14.6. The zero-order chi connectivity index (χ0) is 17.7. The molecule has 2 atom stereocenters. The first-order valence-electron chi connectivity index (χ1n) is 7.93. The molecule has 2 unspecified atom stereocenters. The Morgan fingerprint density at radius 1 is 1.38 bits per heavy atom. The van der Waals surface area contributed by atoms with Crippen molar-refractivity contribution in [1.82, 2.24) is 5.32 Å². The number of aliphatic carboxylic acids is 1. The van der Waals surface area contributed by atoms with Gasteiger partial charge in [-0.25, -0.2) is 4.79 Å². The van der Waals surface area contributed by atoms with Gasteiger partial charge in [0.25, 0.3) is 0 Å². The second kappa shape index (κ2) is 8.19. The van der Waals surface area contributed by atoms with Gasteiger partial charge < -0.3 is 15.3 Å². The minimum Gasteiger partial charge on any atom is -0.480 e. The minimum atomic E-state index is -1.04. The van der Waals surface area contributed by atoms with Gasteiger partial charge >= 0.3 is 5.97 Å². The lowest BCUT2D eigenvalue weighted by Gasteiger charge is -2.18. The molecule has 1 saturated heterocycles. The van der Waals surface area contributed by atoms with Crippen molar-refractivity contribution >= 4 is 35.2 Å². The molecule has 0 aromatic heterocycles. The number of thioether (sulfide) groups is 1. The monoisotopic (exact) mass is 350 g/mol. The average Bonchev–Trinajstić information content (AvgIpc) is 2.96. The summed E-state index contributed by atoms with van der Waals surface area (Å²) in [5, 5.41) is 11.7. The third kappa shape index (κ3) is 4.29. The van der Waals surface area contributed by atoms with E-state index in [2.05, 4.69) is 5.32 Å². The highest BCUT2D eigenvalue weighted by atomic mass is 32.2. The summed E-state index contributed by atoms with van der Waals surface area (Å²) in [7, 11) is 0. The van der Waals surface area contributed by atoms with E-state index >= 15 is 0 Å². The zero-order valence-electron chi connectivity index (χ0n) is 13.8. The van der Waals surface area contributed by atoms with Crippen LogP contribution in [0.4, 0.5) is 5.69 Å². The maximum atomic E-state index is 12.3. The topological polar surface area (TPSA) is 86.7 Å². The first-order chi connectivity index (χ1) is 11.5. The van der Waals surface area contributed by atoms with E-state index in [9.17, 15) is 14.4 Å². The molecule has 0 radical (unpaired) electrons. The molecule has 0 spiro atoms. The van der Waals surface area contributed by atoms with Gasteiger partial charge in [0, 0.05) is 23.5 Å². The van der Waals surface area contributed by atoms with Gasteiger partial charge in [-0.1, -0.05) is 13.3 Å². The van der Waals surface area contributed by atoms with Crippen molar-refractivity contribution < 1.29 is 19.5 Å². The van der Waals surface area contributed by atoms with E-state index in [0.717, 1.165) is 10.6 Å². The van der Waals surface area contributed by atoms with Crippen LogP contribution in [0.3, 0.4) is 0 Å². The number of nitrogens with zero attached hydrogens (tertiary/aromatic N) is 1. The molecule has 1 aliphatic heterocycles. The van der Waals surface area contributed by atoms with Crippen molar-refractivity contribution in [1.29, 1.82) is 0 Å². The third-order valence-electron chi connectivity index (χ3n) is 4.07. The molecule has 1 aromatic rings. The Kier molecular flexibility index (Phi) is 6.25. The molecule has 24 heavy (non-hydrogen) atoms. The fourth-order valence-electron chi connectivity index (χ4n) is 2.73. The molecule has 0 saturated carbocycles. The van der Waals surface area contributed by atoms with Crippen LogP contribution >= 0.6 is 11.8 Å². The Balaban J connectivity index is 2.02. The van der Waals surface area contributed by atoms with Gasteiger partial charge in [-0.3, -0.25) is 9.59 Å². The SMILES string of the molecule is CCCC(NC(=O)C1CC(=O)N(c2ccc(SC)cc2)C1)C(=O)O. The Labute approximate surface area is 145 Å². The molecular weight excluding hydrogens is 328 g/mol. The van der Waals surface area contributed by atoms with Gasteiger partial charge in [-0.2, -0.15) is 0 Å². The second-order valence-corrected chi connectivity index (χ2v) is 6.67. The van der Waals surface area contributed by atoms with E-state index < -0.39 is 17.9 Å². The van der Waals surface area contributed by atoms with Crippen LogP contribution in [0.2, 0.25) is 0 Å². The van der Waals surface area contributed by atoms with E-state index in [1.807, 2.05) is 37.4 Å². The van der Waals surface area contributed by atoms with Crippen molar-refractivity contribution in [3.63, 3.8) is 0 Å². The van der Waals surface area contributed by atoms with Crippen LogP contribution in [0, 0.1) is 5.92 Å². The minimum absolute atomic E-state index is 0.106. The lowest BCUT2D eigenvalue weighted by atomic mass is 10.1. The number of nitrogens with one attached hydrogen (secondary N) is 1. The Morgan fingerprint density at radius 3 is 2.58 bits per heavy atom. The maximum Gasteiger partial charge on any atom is 0.326 e. The summed E-state index contributed by atoms with van der Waals surface area (Å²) in [6.07, 6.45) is 3.12. The second-order valence-electron chi connectivity index (χ2n) is 5.79. The van der Waals surface area contributed by atoms with Gasteiger partial charge in [0.05, 0.1) is 5.92 Å². The molecule has 130 valence electrons. The van der Waals surface area contributed by atoms with E-state index in [1.165, 1.54) is 0 Å². The fourth-order valence-corrected chi connectivity index (χ4v) is 3.14. The number of hydrogen-bond donors (Lipinski definition) is 2. The third-order valence-corrected chi connectivity index (χ3v) is 4.82. The summed E-state index contributed by atoms with van der Waals surface area (Å²) < 4.78 is 0. The molecule has 7 heteroatoms. The summed E-state index contributed by atoms with van der Waals surface area (Å²) in [5.74, 6) is -2.04. The largest absolute Gasteiger partial charge is 0.480 e. The highest BCUT2D eigenvalue weighted by Gasteiger charge is 2.36. The number of carboxylic acid groups (broad SMARTS) is 1. The van der Waals surface area contributed by atoms with Crippen molar-refractivity contribution in [2.45, 2.75) is 37.1 Å². The van der Waals surface area contributed by atoms with E-state index in [1.54, 1.807) is 16.7 Å². The molecule has 0 aliphatic carbocycles. The number of carbonyl (C=O) groups is 3. The van der Waals surface area contributed by atoms with Crippen LogP contribution in [0.15, 0.2) is 29.2 Å². The normalized spacial score (nSPS) is 18.5. The van der Waals surface area contributed by atoms with Crippen LogP contribution in [0.5, 0.6) is 0 Å². The molecule has 1 aromatic carbocycles. The Bertz CT molecular complexity index is 618. The number of carbonyl (C=O) groups excluding carboxylic acids is 2. The standard InChI is InChI=1S/C17H22N2O4S/c1-3-4-14(17(22)23)18-16(21)11-9-15(20)19(10-11)12-5-7-13(24-2)8-6-12/h5-8,11,14H,3-4,9-10H2,1-2H3,(H,18,21)(H,22,23). The lowest BCUT2D eigenvalue weighted by Crippen LogP contribution is -2.44. The number of benzene rings is 1. The van der Waals surface area contributed by atoms with Crippen molar-refractivity contribution in [2.75, 3.05) is 17.7 Å². The van der Waals surface area contributed by atoms with Crippen LogP contribution in [-0.2, 0) is 14.4 Å². The summed E-state index contributed by atoms with van der Waals surface area (Å²) in [5.41, 5.74) is 0.761. The summed E-state index contributed by atoms with van der Waals surface area (Å²) in [6.45, 7) is 2.14. The van der Waals surface area contributed by atoms with Gasteiger partial charge in [0.2, 0.25) is 11.8 Å². The van der Waals surface area contributed by atoms with Gasteiger partial charge in [0.15, 0.2) is 0 Å². The molecule has 1 heterocycles. The Morgan fingerprint density at radius 2 is 2.04 bits per heavy atom. The predicted molar refractivity (Wildman–Crippen MR) is 93.2 cm³/mol. The van der Waals surface area contributed by atoms with Crippen molar-refractivity contribution in [3.05, 3.63) is 24.3 Å². The first kappa shape index (κ1) is 18.3. The predicted octanol–water partition coefficient (Wildman–Crippen LogP) is 2.13. The highest BCUT2D eigenvalue weighted by molar-refractivity contribution is 7.98. The van der Waals surface area contributed by atoms with E-state index in [-0.39, 0.29) is 24.8 Å². The number of hydrogen-bond acceptors (Lipinski definition) is 4. The summed E-state index contributed by atoms with van der Waals surface area (Å²) in [6, 6.07) is 6.69. The Hall–Kier alpha value is -2.02. The molecule has 1 fully saturated rings. The number of rotatable bonds is 7. The quantitative estimate of drug-likeness (QED) is 0.736.